The predicted molar refractivity (Wildman–Crippen MR) is 103 cm³/mol. The van der Waals surface area contributed by atoms with E-state index in [1.807, 2.05) is 31.2 Å². The Hall–Kier alpha value is -2.17. The summed E-state index contributed by atoms with van der Waals surface area (Å²) in [6.07, 6.45) is 1.10. The van der Waals surface area contributed by atoms with Crippen LogP contribution in [0.2, 0.25) is 0 Å². The lowest BCUT2D eigenvalue weighted by atomic mass is 10.2. The Balaban J connectivity index is 1.46. The van der Waals surface area contributed by atoms with E-state index in [-0.39, 0.29) is 5.91 Å². The van der Waals surface area contributed by atoms with Gasteiger partial charge in [0.05, 0.1) is 6.54 Å². The molecule has 0 unspecified atom stereocenters. The van der Waals surface area contributed by atoms with Crippen LogP contribution in [0.25, 0.3) is 0 Å². The van der Waals surface area contributed by atoms with E-state index in [1.165, 1.54) is 11.1 Å². The number of nitrogens with one attached hydrogen (secondary N) is 1. The van der Waals surface area contributed by atoms with Gasteiger partial charge in [-0.05, 0) is 44.1 Å². The summed E-state index contributed by atoms with van der Waals surface area (Å²) in [6.45, 7) is 7.51. The number of anilines is 1. The second-order valence-electron chi connectivity index (χ2n) is 6.81. The molecule has 0 atom stereocenters. The van der Waals surface area contributed by atoms with E-state index >= 15 is 0 Å². The van der Waals surface area contributed by atoms with Gasteiger partial charge < -0.3 is 5.32 Å². The summed E-state index contributed by atoms with van der Waals surface area (Å²) < 4.78 is 0. The number of carbonyl (C=O) groups is 1. The molecule has 1 aliphatic rings. The third-order valence-corrected chi connectivity index (χ3v) is 4.63. The van der Waals surface area contributed by atoms with Crippen molar-refractivity contribution >= 4 is 11.6 Å². The Labute approximate surface area is 150 Å². The molecule has 1 heterocycles. The quantitative estimate of drug-likeness (QED) is 0.910. The summed E-state index contributed by atoms with van der Waals surface area (Å²) in [5.41, 5.74) is 3.42. The lowest BCUT2D eigenvalue weighted by molar-refractivity contribution is -0.117. The highest BCUT2D eigenvalue weighted by Gasteiger charge is 2.17. The third-order valence-electron chi connectivity index (χ3n) is 4.63. The molecule has 1 aliphatic heterocycles. The Kier molecular flexibility index (Phi) is 6.20. The van der Waals surface area contributed by atoms with Crippen molar-refractivity contribution in [3.8, 4) is 0 Å². The second kappa shape index (κ2) is 8.79. The Morgan fingerprint density at radius 1 is 0.920 bits per heavy atom. The topological polar surface area (TPSA) is 35.6 Å². The summed E-state index contributed by atoms with van der Waals surface area (Å²) in [4.78, 5) is 17.0. The van der Waals surface area contributed by atoms with Crippen molar-refractivity contribution in [2.45, 2.75) is 19.9 Å². The molecule has 2 aromatic carbocycles. The number of carbonyl (C=O) groups excluding carboxylic acids is 1. The number of rotatable bonds is 5. The van der Waals surface area contributed by atoms with Gasteiger partial charge in [-0.2, -0.15) is 0 Å². The minimum Gasteiger partial charge on any atom is -0.325 e. The highest BCUT2D eigenvalue weighted by Crippen LogP contribution is 2.11. The molecule has 0 radical (unpaired) electrons. The molecule has 132 valence electrons. The summed E-state index contributed by atoms with van der Waals surface area (Å²) in [6, 6.07) is 18.5. The highest BCUT2D eigenvalue weighted by molar-refractivity contribution is 5.92. The Morgan fingerprint density at radius 2 is 1.60 bits per heavy atom. The molecule has 1 fully saturated rings. The molecular weight excluding hydrogens is 310 g/mol. The van der Waals surface area contributed by atoms with Crippen LogP contribution in [-0.2, 0) is 11.3 Å². The molecule has 25 heavy (non-hydrogen) atoms. The average Bonchev–Trinajstić information content (AvgIpc) is 2.83. The predicted octanol–water partition coefficient (Wildman–Crippen LogP) is 3.14. The monoisotopic (exact) mass is 337 g/mol. The smallest absolute Gasteiger partial charge is 0.238 e. The van der Waals surface area contributed by atoms with E-state index < -0.39 is 0 Å². The molecule has 4 nitrogen and oxygen atoms in total. The number of benzene rings is 2. The van der Waals surface area contributed by atoms with Crippen molar-refractivity contribution in [1.29, 1.82) is 0 Å². The third kappa shape index (κ3) is 5.69. The normalized spacial score (nSPS) is 16.4. The molecule has 1 amide bonds. The van der Waals surface area contributed by atoms with Crippen molar-refractivity contribution < 1.29 is 4.79 Å². The average molecular weight is 337 g/mol. The van der Waals surface area contributed by atoms with E-state index in [0.29, 0.717) is 6.54 Å². The number of hydrogen-bond donors (Lipinski definition) is 1. The van der Waals surface area contributed by atoms with Crippen LogP contribution in [0.1, 0.15) is 17.5 Å². The van der Waals surface area contributed by atoms with Crippen LogP contribution in [0, 0.1) is 6.92 Å². The summed E-state index contributed by atoms with van der Waals surface area (Å²) in [5, 5.41) is 2.99. The van der Waals surface area contributed by atoms with Gasteiger partial charge >= 0.3 is 0 Å². The molecule has 0 saturated carbocycles. The lowest BCUT2D eigenvalue weighted by Gasteiger charge is -2.21. The van der Waals surface area contributed by atoms with Crippen LogP contribution in [-0.4, -0.2) is 48.4 Å². The van der Waals surface area contributed by atoms with Crippen molar-refractivity contribution in [2.75, 3.05) is 38.0 Å². The van der Waals surface area contributed by atoms with Crippen LogP contribution in [0.3, 0.4) is 0 Å². The van der Waals surface area contributed by atoms with Gasteiger partial charge in [0.25, 0.3) is 0 Å². The molecular formula is C21H27N3O. The van der Waals surface area contributed by atoms with Crippen molar-refractivity contribution in [2.24, 2.45) is 0 Å². The molecule has 1 saturated heterocycles. The maximum Gasteiger partial charge on any atom is 0.238 e. The highest BCUT2D eigenvalue weighted by atomic mass is 16.2. The van der Waals surface area contributed by atoms with E-state index in [0.717, 1.165) is 44.8 Å². The zero-order valence-corrected chi connectivity index (χ0v) is 14.9. The van der Waals surface area contributed by atoms with Crippen LogP contribution in [0.15, 0.2) is 54.6 Å². The SMILES string of the molecule is Cc1ccc(NC(=O)CN2CCCN(Cc3ccccc3)CC2)cc1. The molecule has 0 aliphatic carbocycles. The Bertz CT molecular complexity index is 669. The van der Waals surface area contributed by atoms with Gasteiger partial charge in [0, 0.05) is 25.3 Å². The molecule has 2 aromatic rings. The maximum atomic E-state index is 12.3. The number of nitrogens with zero attached hydrogens (tertiary/aromatic N) is 2. The zero-order valence-electron chi connectivity index (χ0n) is 14.9. The zero-order chi connectivity index (χ0) is 17.5. The first-order valence-corrected chi connectivity index (χ1v) is 9.04. The van der Waals surface area contributed by atoms with Crippen LogP contribution < -0.4 is 5.32 Å². The Morgan fingerprint density at radius 3 is 2.36 bits per heavy atom. The molecule has 1 N–H and O–H groups in total. The minimum atomic E-state index is 0.0698. The fraction of sp³-hybridized carbons (Fsp3) is 0.381. The largest absolute Gasteiger partial charge is 0.325 e. The first-order chi connectivity index (χ1) is 12.2. The molecule has 0 spiro atoms. The van der Waals surface area contributed by atoms with Crippen molar-refractivity contribution in [3.63, 3.8) is 0 Å². The maximum absolute atomic E-state index is 12.3. The van der Waals surface area contributed by atoms with E-state index in [4.69, 9.17) is 0 Å². The van der Waals surface area contributed by atoms with Gasteiger partial charge in [-0.3, -0.25) is 14.6 Å². The minimum absolute atomic E-state index is 0.0698. The lowest BCUT2D eigenvalue weighted by Crippen LogP contribution is -2.36. The summed E-state index contributed by atoms with van der Waals surface area (Å²) in [7, 11) is 0. The fourth-order valence-corrected chi connectivity index (χ4v) is 3.22. The van der Waals surface area contributed by atoms with Crippen LogP contribution in [0.4, 0.5) is 5.69 Å². The molecule has 0 aromatic heterocycles. The fourth-order valence-electron chi connectivity index (χ4n) is 3.22. The number of hydrogen-bond acceptors (Lipinski definition) is 3. The molecule has 4 heteroatoms. The van der Waals surface area contributed by atoms with Crippen molar-refractivity contribution in [1.82, 2.24) is 9.80 Å². The summed E-state index contributed by atoms with van der Waals surface area (Å²) >= 11 is 0. The van der Waals surface area contributed by atoms with Crippen LogP contribution >= 0.6 is 0 Å². The van der Waals surface area contributed by atoms with Gasteiger partial charge in [-0.25, -0.2) is 0 Å². The van der Waals surface area contributed by atoms with Gasteiger partial charge in [-0.1, -0.05) is 48.0 Å². The van der Waals surface area contributed by atoms with Gasteiger partial charge in [0.1, 0.15) is 0 Å². The second-order valence-corrected chi connectivity index (χ2v) is 6.81. The molecule has 0 bridgehead atoms. The van der Waals surface area contributed by atoms with E-state index in [9.17, 15) is 4.79 Å². The molecule has 3 rings (SSSR count). The van der Waals surface area contributed by atoms with Gasteiger partial charge in [-0.15, -0.1) is 0 Å². The first kappa shape index (κ1) is 17.6. The number of amides is 1. The van der Waals surface area contributed by atoms with E-state index in [1.54, 1.807) is 0 Å². The van der Waals surface area contributed by atoms with Gasteiger partial charge in [0.2, 0.25) is 5.91 Å². The van der Waals surface area contributed by atoms with E-state index in [2.05, 4.69) is 45.4 Å². The van der Waals surface area contributed by atoms with Gasteiger partial charge in [0.15, 0.2) is 0 Å². The summed E-state index contributed by atoms with van der Waals surface area (Å²) in [5.74, 6) is 0.0698. The first-order valence-electron chi connectivity index (χ1n) is 9.04. The van der Waals surface area contributed by atoms with Crippen molar-refractivity contribution in [3.05, 3.63) is 65.7 Å². The standard InChI is InChI=1S/C21H27N3O/c1-18-8-10-20(11-9-18)22-21(25)17-24-13-5-12-23(14-15-24)16-19-6-3-2-4-7-19/h2-4,6-11H,5,12-17H2,1H3,(H,22,25). The van der Waals surface area contributed by atoms with Crippen LogP contribution in [0.5, 0.6) is 0 Å². The number of aryl methyl sites for hydroxylation is 1.